The molecule has 0 bridgehead atoms. The number of methoxy groups -OCH3 is 1. The molecule has 1 aromatic rings. The van der Waals surface area contributed by atoms with E-state index in [-0.39, 0.29) is 0 Å². The second kappa shape index (κ2) is 5.43. The van der Waals surface area contributed by atoms with Crippen molar-refractivity contribution in [3.63, 3.8) is 0 Å². The lowest BCUT2D eigenvalue weighted by Crippen LogP contribution is -2.35. The molecule has 0 saturated carbocycles. The summed E-state index contributed by atoms with van der Waals surface area (Å²) < 4.78 is 6.62. The molecule has 0 N–H and O–H groups in total. The second-order valence-electron chi connectivity index (χ2n) is 3.90. The Hall–Kier alpha value is 0.100. The first-order valence-electron chi connectivity index (χ1n) is 5.26. The third-order valence-electron chi connectivity index (χ3n) is 2.93. The zero-order chi connectivity index (χ0) is 10.7. The minimum Gasteiger partial charge on any atom is -0.381 e. The summed E-state index contributed by atoms with van der Waals surface area (Å²) in [6, 6.07) is 2.13. The summed E-state index contributed by atoms with van der Waals surface area (Å²) >= 11 is 5.41. The third kappa shape index (κ3) is 3.03. The van der Waals surface area contributed by atoms with Crippen molar-refractivity contribution >= 4 is 27.3 Å². The van der Waals surface area contributed by atoms with Gasteiger partial charge in [-0.05, 0) is 40.2 Å². The highest BCUT2D eigenvalue weighted by atomic mass is 79.9. The third-order valence-corrected chi connectivity index (χ3v) is 4.84. The van der Waals surface area contributed by atoms with Crippen LogP contribution in [0.4, 0.5) is 0 Å². The SMILES string of the molecule is COC1CCN(Cc2sccc2Br)CC1. The van der Waals surface area contributed by atoms with Gasteiger partial charge in [0.05, 0.1) is 6.10 Å². The Bertz CT molecular complexity index is 307. The van der Waals surface area contributed by atoms with E-state index in [1.807, 2.05) is 18.4 Å². The Morgan fingerprint density at radius 2 is 2.27 bits per heavy atom. The maximum Gasteiger partial charge on any atom is 0.0595 e. The predicted octanol–water partition coefficient (Wildman–Crippen LogP) is 3.12. The van der Waals surface area contributed by atoms with Crippen molar-refractivity contribution in [2.75, 3.05) is 20.2 Å². The van der Waals surface area contributed by atoms with Gasteiger partial charge in [-0.3, -0.25) is 4.90 Å². The molecule has 2 heterocycles. The molecule has 1 aliphatic heterocycles. The average Bonchev–Trinajstić information content (AvgIpc) is 2.66. The fourth-order valence-electron chi connectivity index (χ4n) is 1.94. The van der Waals surface area contributed by atoms with Crippen molar-refractivity contribution in [2.24, 2.45) is 0 Å². The summed E-state index contributed by atoms with van der Waals surface area (Å²) in [7, 11) is 1.82. The molecule has 15 heavy (non-hydrogen) atoms. The van der Waals surface area contributed by atoms with Crippen molar-refractivity contribution in [3.05, 3.63) is 20.8 Å². The molecule has 0 atom stereocenters. The highest BCUT2D eigenvalue weighted by Crippen LogP contribution is 2.25. The smallest absolute Gasteiger partial charge is 0.0595 e. The van der Waals surface area contributed by atoms with E-state index in [0.29, 0.717) is 6.10 Å². The molecular weight excluding hydrogens is 274 g/mol. The first kappa shape index (κ1) is 11.6. The Morgan fingerprint density at radius 1 is 1.53 bits per heavy atom. The van der Waals surface area contributed by atoms with E-state index in [4.69, 9.17) is 4.74 Å². The standard InChI is InChI=1S/C11H16BrNOS/c1-14-9-2-5-13(6-3-9)8-11-10(12)4-7-15-11/h4,7,9H,2-3,5-6,8H2,1H3. The van der Waals surface area contributed by atoms with Crippen LogP contribution in [0.15, 0.2) is 15.9 Å². The summed E-state index contributed by atoms with van der Waals surface area (Å²) in [6.07, 6.45) is 2.81. The van der Waals surface area contributed by atoms with Crippen LogP contribution in [0.1, 0.15) is 17.7 Å². The second-order valence-corrected chi connectivity index (χ2v) is 5.76. The zero-order valence-corrected chi connectivity index (χ0v) is 11.3. The lowest BCUT2D eigenvalue weighted by atomic mass is 10.1. The fraction of sp³-hybridized carbons (Fsp3) is 0.636. The van der Waals surface area contributed by atoms with E-state index < -0.39 is 0 Å². The van der Waals surface area contributed by atoms with Gasteiger partial charge in [-0.15, -0.1) is 11.3 Å². The number of ether oxygens (including phenoxy) is 1. The van der Waals surface area contributed by atoms with Gasteiger partial charge in [0.1, 0.15) is 0 Å². The first-order valence-corrected chi connectivity index (χ1v) is 6.94. The van der Waals surface area contributed by atoms with Crippen molar-refractivity contribution in [1.82, 2.24) is 4.90 Å². The van der Waals surface area contributed by atoms with Gasteiger partial charge < -0.3 is 4.74 Å². The molecule has 1 aliphatic rings. The summed E-state index contributed by atoms with van der Waals surface area (Å²) in [6.45, 7) is 3.39. The maximum absolute atomic E-state index is 5.37. The van der Waals surface area contributed by atoms with Crippen molar-refractivity contribution < 1.29 is 4.74 Å². The normalized spacial score (nSPS) is 19.6. The number of hydrogen-bond donors (Lipinski definition) is 0. The quantitative estimate of drug-likeness (QED) is 0.848. The van der Waals surface area contributed by atoms with E-state index in [9.17, 15) is 0 Å². The molecule has 0 aromatic carbocycles. The Labute approximate surface area is 103 Å². The van der Waals surface area contributed by atoms with Gasteiger partial charge in [0.25, 0.3) is 0 Å². The largest absolute Gasteiger partial charge is 0.381 e. The molecular formula is C11H16BrNOS. The van der Waals surface area contributed by atoms with Crippen LogP contribution in [0, 0.1) is 0 Å². The van der Waals surface area contributed by atoms with Crippen LogP contribution in [0.25, 0.3) is 0 Å². The van der Waals surface area contributed by atoms with Gasteiger partial charge in [-0.2, -0.15) is 0 Å². The predicted molar refractivity (Wildman–Crippen MR) is 67.3 cm³/mol. The zero-order valence-electron chi connectivity index (χ0n) is 8.91. The van der Waals surface area contributed by atoms with Gasteiger partial charge in [0.2, 0.25) is 0 Å². The van der Waals surface area contributed by atoms with Gasteiger partial charge >= 0.3 is 0 Å². The van der Waals surface area contributed by atoms with E-state index in [0.717, 1.165) is 19.6 Å². The van der Waals surface area contributed by atoms with Gasteiger partial charge in [-0.1, -0.05) is 0 Å². The summed E-state index contributed by atoms with van der Waals surface area (Å²) in [4.78, 5) is 3.94. The number of piperidine rings is 1. The molecule has 1 saturated heterocycles. The van der Waals surface area contributed by atoms with Crippen LogP contribution in [0.5, 0.6) is 0 Å². The van der Waals surface area contributed by atoms with Crippen molar-refractivity contribution in [1.29, 1.82) is 0 Å². The molecule has 84 valence electrons. The van der Waals surface area contributed by atoms with E-state index in [1.54, 1.807) is 0 Å². The number of halogens is 1. The fourth-order valence-corrected chi connectivity index (χ4v) is 3.46. The van der Waals surface area contributed by atoms with Crippen LogP contribution in [-0.2, 0) is 11.3 Å². The first-order chi connectivity index (χ1) is 7.29. The Balaban J connectivity index is 1.85. The minimum absolute atomic E-state index is 0.480. The van der Waals surface area contributed by atoms with Crippen molar-refractivity contribution in [2.45, 2.75) is 25.5 Å². The molecule has 0 aliphatic carbocycles. The van der Waals surface area contributed by atoms with Gasteiger partial charge in [-0.25, -0.2) is 0 Å². The maximum atomic E-state index is 5.37. The highest BCUT2D eigenvalue weighted by Gasteiger charge is 2.19. The van der Waals surface area contributed by atoms with Crippen LogP contribution < -0.4 is 0 Å². The summed E-state index contributed by atoms with van der Waals surface area (Å²) in [5, 5.41) is 2.14. The molecule has 1 fully saturated rings. The Morgan fingerprint density at radius 3 is 2.80 bits per heavy atom. The monoisotopic (exact) mass is 289 g/mol. The molecule has 0 unspecified atom stereocenters. The molecule has 0 spiro atoms. The number of hydrogen-bond acceptors (Lipinski definition) is 3. The summed E-state index contributed by atoms with van der Waals surface area (Å²) in [5.74, 6) is 0. The van der Waals surface area contributed by atoms with Crippen LogP contribution in [0.3, 0.4) is 0 Å². The van der Waals surface area contributed by atoms with E-state index in [2.05, 4.69) is 32.3 Å². The lowest BCUT2D eigenvalue weighted by Gasteiger charge is -2.30. The molecule has 0 amide bonds. The lowest BCUT2D eigenvalue weighted by molar-refractivity contribution is 0.0391. The van der Waals surface area contributed by atoms with Gasteiger partial charge in [0, 0.05) is 36.1 Å². The number of nitrogens with zero attached hydrogens (tertiary/aromatic N) is 1. The van der Waals surface area contributed by atoms with Crippen molar-refractivity contribution in [3.8, 4) is 0 Å². The Kier molecular flexibility index (Phi) is 4.20. The average molecular weight is 290 g/mol. The van der Waals surface area contributed by atoms with E-state index >= 15 is 0 Å². The molecule has 4 heteroatoms. The van der Waals surface area contributed by atoms with Gasteiger partial charge in [0.15, 0.2) is 0 Å². The highest BCUT2D eigenvalue weighted by molar-refractivity contribution is 9.10. The van der Waals surface area contributed by atoms with Crippen LogP contribution >= 0.6 is 27.3 Å². The molecule has 0 radical (unpaired) electrons. The molecule has 2 rings (SSSR count). The van der Waals surface area contributed by atoms with E-state index in [1.165, 1.54) is 22.2 Å². The molecule has 1 aromatic heterocycles. The number of likely N-dealkylation sites (tertiary alicyclic amines) is 1. The number of rotatable bonds is 3. The minimum atomic E-state index is 0.480. The van der Waals surface area contributed by atoms with Crippen LogP contribution in [0.2, 0.25) is 0 Å². The number of thiophene rings is 1. The molecule has 2 nitrogen and oxygen atoms in total. The summed E-state index contributed by atoms with van der Waals surface area (Å²) in [5.41, 5.74) is 0. The topological polar surface area (TPSA) is 12.5 Å². The van der Waals surface area contributed by atoms with Crippen LogP contribution in [-0.4, -0.2) is 31.2 Å².